The average Bonchev–Trinajstić information content (AvgIpc) is 2.45. The fourth-order valence-electron chi connectivity index (χ4n) is 2.12. The molecule has 0 aromatic heterocycles. The first-order valence-electron chi connectivity index (χ1n) is 6.56. The highest BCUT2D eigenvalue weighted by molar-refractivity contribution is 9.10. The van der Waals surface area contributed by atoms with Crippen LogP contribution >= 0.6 is 27.5 Å². The SMILES string of the molecule is CCC(NCc1cc(Cl)ccc1O)c1ccc(Br)cc1. The first kappa shape index (κ1) is 15.4. The highest BCUT2D eigenvalue weighted by Gasteiger charge is 2.10. The monoisotopic (exact) mass is 353 g/mol. The van der Waals surface area contributed by atoms with E-state index in [0.29, 0.717) is 11.6 Å². The molecule has 0 amide bonds. The largest absolute Gasteiger partial charge is 0.508 e. The second-order valence-corrected chi connectivity index (χ2v) is 6.02. The van der Waals surface area contributed by atoms with Crippen LogP contribution in [0.1, 0.15) is 30.5 Å². The van der Waals surface area contributed by atoms with Gasteiger partial charge < -0.3 is 10.4 Å². The summed E-state index contributed by atoms with van der Waals surface area (Å²) in [5, 5.41) is 13.9. The Labute approximate surface area is 132 Å². The summed E-state index contributed by atoms with van der Waals surface area (Å²) in [7, 11) is 0. The predicted octanol–water partition coefficient (Wildman–Crippen LogP) is 5.05. The minimum Gasteiger partial charge on any atom is -0.508 e. The van der Waals surface area contributed by atoms with E-state index in [1.54, 1.807) is 18.2 Å². The Bertz CT molecular complexity index is 571. The second-order valence-electron chi connectivity index (χ2n) is 4.67. The lowest BCUT2D eigenvalue weighted by Crippen LogP contribution is -2.20. The van der Waals surface area contributed by atoms with Gasteiger partial charge in [-0.1, -0.05) is 46.6 Å². The highest BCUT2D eigenvalue weighted by Crippen LogP contribution is 2.24. The lowest BCUT2D eigenvalue weighted by atomic mass is 10.0. The normalized spacial score (nSPS) is 12.3. The van der Waals surface area contributed by atoms with Crippen molar-refractivity contribution in [2.45, 2.75) is 25.9 Å². The molecule has 0 aliphatic carbocycles. The van der Waals surface area contributed by atoms with Gasteiger partial charge >= 0.3 is 0 Å². The Morgan fingerprint density at radius 3 is 2.55 bits per heavy atom. The summed E-state index contributed by atoms with van der Waals surface area (Å²) in [6.45, 7) is 2.72. The van der Waals surface area contributed by atoms with Crippen molar-refractivity contribution in [3.63, 3.8) is 0 Å². The maximum atomic E-state index is 9.82. The van der Waals surface area contributed by atoms with Crippen LogP contribution in [0.3, 0.4) is 0 Å². The number of aromatic hydroxyl groups is 1. The summed E-state index contributed by atoms with van der Waals surface area (Å²) in [5.74, 6) is 0.271. The molecule has 0 saturated heterocycles. The van der Waals surface area contributed by atoms with E-state index < -0.39 is 0 Å². The fraction of sp³-hybridized carbons (Fsp3) is 0.250. The van der Waals surface area contributed by atoms with Gasteiger partial charge in [0.1, 0.15) is 5.75 Å². The molecule has 2 N–H and O–H groups in total. The van der Waals surface area contributed by atoms with Gasteiger partial charge in [0, 0.05) is 27.6 Å². The number of rotatable bonds is 5. The zero-order valence-electron chi connectivity index (χ0n) is 11.2. The van der Waals surface area contributed by atoms with E-state index in [9.17, 15) is 5.11 Å². The van der Waals surface area contributed by atoms with Crippen LogP contribution in [0.4, 0.5) is 0 Å². The summed E-state index contributed by atoms with van der Waals surface area (Å²) in [6.07, 6.45) is 0.975. The topological polar surface area (TPSA) is 32.3 Å². The van der Waals surface area contributed by atoms with Crippen LogP contribution in [0.25, 0.3) is 0 Å². The van der Waals surface area contributed by atoms with E-state index in [2.05, 4.69) is 40.3 Å². The van der Waals surface area contributed by atoms with Gasteiger partial charge in [-0.15, -0.1) is 0 Å². The summed E-state index contributed by atoms with van der Waals surface area (Å²) >= 11 is 9.40. The van der Waals surface area contributed by atoms with E-state index in [1.165, 1.54) is 5.56 Å². The number of halogens is 2. The molecule has 1 unspecified atom stereocenters. The van der Waals surface area contributed by atoms with E-state index in [-0.39, 0.29) is 11.8 Å². The molecule has 0 radical (unpaired) electrons. The number of phenolic OH excluding ortho intramolecular Hbond substituents is 1. The van der Waals surface area contributed by atoms with Gasteiger partial charge in [-0.2, -0.15) is 0 Å². The lowest BCUT2D eigenvalue weighted by molar-refractivity contribution is 0.455. The zero-order chi connectivity index (χ0) is 14.5. The molecule has 106 valence electrons. The third kappa shape index (κ3) is 3.98. The van der Waals surface area contributed by atoms with Gasteiger partial charge in [-0.05, 0) is 42.3 Å². The quantitative estimate of drug-likeness (QED) is 0.787. The Kier molecular flexibility index (Phi) is 5.46. The number of benzene rings is 2. The van der Waals surface area contributed by atoms with Gasteiger partial charge in [0.2, 0.25) is 0 Å². The minimum absolute atomic E-state index is 0.251. The van der Waals surface area contributed by atoms with E-state index in [0.717, 1.165) is 16.5 Å². The van der Waals surface area contributed by atoms with Gasteiger partial charge in [-0.25, -0.2) is 0 Å². The van der Waals surface area contributed by atoms with Crippen LogP contribution in [-0.4, -0.2) is 5.11 Å². The molecule has 0 spiro atoms. The van der Waals surface area contributed by atoms with Crippen molar-refractivity contribution in [3.8, 4) is 5.75 Å². The van der Waals surface area contributed by atoms with Crippen molar-refractivity contribution >= 4 is 27.5 Å². The third-order valence-corrected chi connectivity index (χ3v) is 4.02. The third-order valence-electron chi connectivity index (χ3n) is 3.26. The average molecular weight is 355 g/mol. The lowest BCUT2D eigenvalue weighted by Gasteiger charge is -2.18. The Hall–Kier alpha value is -1.03. The Morgan fingerprint density at radius 1 is 1.20 bits per heavy atom. The van der Waals surface area contributed by atoms with Crippen LogP contribution in [0.15, 0.2) is 46.9 Å². The van der Waals surface area contributed by atoms with Crippen LogP contribution in [0.5, 0.6) is 5.75 Å². The molecule has 0 heterocycles. The van der Waals surface area contributed by atoms with Crippen molar-refractivity contribution in [1.29, 1.82) is 0 Å². The number of nitrogens with one attached hydrogen (secondary N) is 1. The first-order chi connectivity index (χ1) is 9.60. The molecule has 0 saturated carbocycles. The van der Waals surface area contributed by atoms with Crippen LogP contribution in [0.2, 0.25) is 5.02 Å². The summed E-state index contributed by atoms with van der Waals surface area (Å²) in [6, 6.07) is 13.6. The molecule has 4 heteroatoms. The van der Waals surface area contributed by atoms with Crippen molar-refractivity contribution in [2.24, 2.45) is 0 Å². The van der Waals surface area contributed by atoms with Gasteiger partial charge in [0.15, 0.2) is 0 Å². The smallest absolute Gasteiger partial charge is 0.120 e. The predicted molar refractivity (Wildman–Crippen MR) is 87.1 cm³/mol. The van der Waals surface area contributed by atoms with E-state index >= 15 is 0 Å². The molecule has 20 heavy (non-hydrogen) atoms. The van der Waals surface area contributed by atoms with Crippen molar-refractivity contribution in [1.82, 2.24) is 5.32 Å². The molecule has 2 aromatic rings. The maximum absolute atomic E-state index is 9.82. The highest BCUT2D eigenvalue weighted by atomic mass is 79.9. The first-order valence-corrected chi connectivity index (χ1v) is 7.73. The van der Waals surface area contributed by atoms with Gasteiger partial charge in [-0.3, -0.25) is 0 Å². The molecular weight excluding hydrogens is 338 g/mol. The molecule has 0 bridgehead atoms. The number of hydrogen-bond acceptors (Lipinski definition) is 2. The summed E-state index contributed by atoms with van der Waals surface area (Å²) in [4.78, 5) is 0. The zero-order valence-corrected chi connectivity index (χ0v) is 13.6. The van der Waals surface area contributed by atoms with E-state index in [4.69, 9.17) is 11.6 Å². The van der Waals surface area contributed by atoms with Crippen molar-refractivity contribution in [2.75, 3.05) is 0 Å². The molecule has 1 atom stereocenters. The summed E-state index contributed by atoms with van der Waals surface area (Å²) in [5.41, 5.74) is 2.05. The van der Waals surface area contributed by atoms with Crippen LogP contribution in [-0.2, 0) is 6.54 Å². The second kappa shape index (κ2) is 7.11. The number of phenols is 1. The van der Waals surface area contributed by atoms with Gasteiger partial charge in [0.05, 0.1) is 0 Å². The van der Waals surface area contributed by atoms with Crippen LogP contribution < -0.4 is 5.32 Å². The van der Waals surface area contributed by atoms with Crippen molar-refractivity contribution in [3.05, 3.63) is 63.1 Å². The van der Waals surface area contributed by atoms with E-state index in [1.807, 2.05) is 12.1 Å². The Morgan fingerprint density at radius 2 is 1.90 bits per heavy atom. The molecular formula is C16H17BrClNO. The fourth-order valence-corrected chi connectivity index (χ4v) is 2.58. The number of hydrogen-bond donors (Lipinski definition) is 2. The molecule has 0 aliphatic rings. The van der Waals surface area contributed by atoms with Gasteiger partial charge in [0.25, 0.3) is 0 Å². The van der Waals surface area contributed by atoms with Crippen molar-refractivity contribution < 1.29 is 5.11 Å². The molecule has 2 nitrogen and oxygen atoms in total. The maximum Gasteiger partial charge on any atom is 0.120 e. The minimum atomic E-state index is 0.251. The van der Waals surface area contributed by atoms with Crippen LogP contribution in [0, 0.1) is 0 Å². The molecule has 0 aliphatic heterocycles. The summed E-state index contributed by atoms with van der Waals surface area (Å²) < 4.78 is 1.07. The molecule has 2 rings (SSSR count). The molecule has 2 aromatic carbocycles. The standard InChI is InChI=1S/C16H17BrClNO/c1-2-15(11-3-5-13(17)6-4-11)19-10-12-9-14(18)7-8-16(12)20/h3-9,15,19-20H,2,10H2,1H3. The Balaban J connectivity index is 2.07. The molecule has 0 fully saturated rings.